The number of rotatable bonds is 11. The van der Waals surface area contributed by atoms with Gasteiger partial charge in [-0.3, -0.25) is 4.79 Å². The van der Waals surface area contributed by atoms with E-state index in [0.717, 1.165) is 49.1 Å². The van der Waals surface area contributed by atoms with Gasteiger partial charge in [-0.2, -0.15) is 0 Å². The summed E-state index contributed by atoms with van der Waals surface area (Å²) in [6.07, 6.45) is 0.489. The summed E-state index contributed by atoms with van der Waals surface area (Å²) in [4.78, 5) is 19.1. The van der Waals surface area contributed by atoms with Gasteiger partial charge in [0.05, 0.1) is 34.4 Å². The van der Waals surface area contributed by atoms with Crippen LogP contribution in [0.15, 0.2) is 77.7 Å². The van der Waals surface area contributed by atoms with E-state index in [1.54, 1.807) is 17.8 Å². The average Bonchev–Trinajstić information content (AvgIpc) is 3.45. The highest BCUT2D eigenvalue weighted by Crippen LogP contribution is 2.44. The van der Waals surface area contributed by atoms with E-state index in [1.807, 2.05) is 39.0 Å². The number of pyridine rings is 1. The van der Waals surface area contributed by atoms with Gasteiger partial charge in [-0.05, 0) is 102 Å². The zero-order valence-corrected chi connectivity index (χ0v) is 32.9. The van der Waals surface area contributed by atoms with Crippen molar-refractivity contribution < 1.29 is 28.0 Å². The number of halogens is 1. The van der Waals surface area contributed by atoms with Crippen molar-refractivity contribution in [2.24, 2.45) is 5.41 Å². The highest BCUT2D eigenvalue weighted by Gasteiger charge is 2.51. The minimum Gasteiger partial charge on any atom is -0.487 e. The fourth-order valence-corrected chi connectivity index (χ4v) is 7.54. The topological polar surface area (TPSA) is 71.8 Å². The van der Waals surface area contributed by atoms with Gasteiger partial charge in [0.15, 0.2) is 0 Å². The lowest BCUT2D eigenvalue weighted by atomic mass is 9.79. The van der Waals surface area contributed by atoms with E-state index in [2.05, 4.69) is 94.4 Å². The minimum atomic E-state index is -0.764. The highest BCUT2D eigenvalue weighted by molar-refractivity contribution is 8.00. The lowest BCUT2D eigenvalue weighted by Crippen LogP contribution is -2.41. The second-order valence-electron chi connectivity index (χ2n) is 16.3. The molecule has 0 aliphatic carbocycles. The van der Waals surface area contributed by atoms with Crippen molar-refractivity contribution in [2.75, 3.05) is 6.61 Å². The Kier molecular flexibility index (Phi) is 10.3. The van der Waals surface area contributed by atoms with Gasteiger partial charge in [-0.25, -0.2) is 9.37 Å². The van der Waals surface area contributed by atoms with E-state index < -0.39 is 23.7 Å². The molecule has 7 nitrogen and oxygen atoms in total. The average molecular weight is 725 g/mol. The Morgan fingerprint density at radius 3 is 2.27 bits per heavy atom. The van der Waals surface area contributed by atoms with E-state index in [1.165, 1.54) is 12.1 Å². The molecule has 3 aromatic carbocycles. The van der Waals surface area contributed by atoms with Crippen molar-refractivity contribution in [3.8, 4) is 5.75 Å². The first-order valence-corrected chi connectivity index (χ1v) is 18.8. The molecule has 0 radical (unpaired) electrons. The fourth-order valence-electron chi connectivity index (χ4n) is 6.36. The van der Waals surface area contributed by atoms with E-state index in [0.29, 0.717) is 25.3 Å². The van der Waals surface area contributed by atoms with Gasteiger partial charge in [0.2, 0.25) is 0 Å². The van der Waals surface area contributed by atoms with Gasteiger partial charge in [0.1, 0.15) is 18.2 Å². The van der Waals surface area contributed by atoms with E-state index >= 15 is 0 Å². The third-order valence-electron chi connectivity index (χ3n) is 9.88. The molecule has 2 aromatic heterocycles. The molecule has 1 saturated heterocycles. The summed E-state index contributed by atoms with van der Waals surface area (Å²) in [6.45, 7) is 21.8. The summed E-state index contributed by atoms with van der Waals surface area (Å²) >= 11 is 1.79. The number of thioether (sulfide) groups is 1. The lowest BCUT2D eigenvalue weighted by molar-refractivity contribution is -0.153. The molecule has 0 unspecified atom stereocenters. The molecule has 0 N–H and O–H groups in total. The van der Waals surface area contributed by atoms with Crippen LogP contribution in [0, 0.1) is 11.2 Å². The molecular formula is C42H50BFN2O5S. The van der Waals surface area contributed by atoms with Gasteiger partial charge in [-0.1, -0.05) is 51.1 Å². The number of carbonyl (C=O) groups is 1. The van der Waals surface area contributed by atoms with E-state index in [-0.39, 0.29) is 23.1 Å². The molecule has 1 fully saturated rings. The molecule has 6 rings (SSSR count). The number of fused-ring (bicyclic) bond motifs is 2. The molecule has 52 heavy (non-hydrogen) atoms. The maximum Gasteiger partial charge on any atom is 0.494 e. The molecule has 0 saturated carbocycles. The number of nitrogens with zero attached hydrogens (tertiary/aromatic N) is 2. The molecule has 0 bridgehead atoms. The van der Waals surface area contributed by atoms with Crippen LogP contribution in [0.5, 0.6) is 5.75 Å². The molecule has 10 heteroatoms. The second-order valence-corrected chi connectivity index (χ2v) is 18.1. The monoisotopic (exact) mass is 724 g/mol. The molecule has 0 spiro atoms. The van der Waals surface area contributed by atoms with Crippen molar-refractivity contribution in [2.45, 2.75) is 110 Å². The minimum absolute atomic E-state index is 0.113. The second kappa shape index (κ2) is 14.2. The summed E-state index contributed by atoms with van der Waals surface area (Å²) < 4.78 is 40.4. The Hall–Kier alpha value is -3.86. The number of hydrogen-bond donors (Lipinski definition) is 0. The van der Waals surface area contributed by atoms with Crippen molar-refractivity contribution in [1.82, 2.24) is 9.55 Å². The van der Waals surface area contributed by atoms with Crippen molar-refractivity contribution >= 4 is 52.1 Å². The summed E-state index contributed by atoms with van der Waals surface area (Å²) in [5.74, 6) is 0.204. The van der Waals surface area contributed by atoms with Gasteiger partial charge in [-0.15, -0.1) is 11.8 Å². The standard InChI is InChI=1S/C42H50BFN2O5S/c1-11-48-38(47)40(5,6)24-36-37(52-39(2,3)4)33-23-32(49-26-31-18-14-28-22-30(44)17-20-34(28)45-31)19-21-35(33)46(36)25-27-12-15-29(16-13-27)43-50-41(7,8)42(9,10)51-43/h12-23H,11,24-26H2,1-10H3. The van der Waals surface area contributed by atoms with E-state index in [4.69, 9.17) is 18.8 Å². The number of hydrogen-bond acceptors (Lipinski definition) is 7. The van der Waals surface area contributed by atoms with E-state index in [9.17, 15) is 9.18 Å². The Balaban J connectivity index is 1.38. The number of benzene rings is 3. The third-order valence-corrected chi connectivity index (χ3v) is 11.2. The largest absolute Gasteiger partial charge is 0.494 e. The Labute approximate surface area is 311 Å². The third kappa shape index (κ3) is 8.04. The molecular weight excluding hydrogens is 674 g/mol. The van der Waals surface area contributed by atoms with Gasteiger partial charge in [0.25, 0.3) is 0 Å². The number of aromatic nitrogens is 2. The number of carbonyl (C=O) groups excluding carboxylic acids is 1. The predicted octanol–water partition coefficient (Wildman–Crippen LogP) is 9.28. The van der Waals surface area contributed by atoms with Crippen LogP contribution < -0.4 is 10.2 Å². The molecule has 1 aliphatic heterocycles. The van der Waals surface area contributed by atoms with Crippen LogP contribution in [0.2, 0.25) is 0 Å². The summed E-state index contributed by atoms with van der Waals surface area (Å²) in [5.41, 5.74) is 4.08. The van der Waals surface area contributed by atoms with Crippen molar-refractivity contribution in [3.05, 3.63) is 95.6 Å². The van der Waals surface area contributed by atoms with Crippen LogP contribution in [0.25, 0.3) is 21.8 Å². The molecule has 274 valence electrons. The molecule has 1 aliphatic rings. The van der Waals surface area contributed by atoms with Crippen LogP contribution in [-0.4, -0.2) is 45.2 Å². The lowest BCUT2D eigenvalue weighted by Gasteiger charge is -2.32. The zero-order chi connectivity index (χ0) is 37.6. The summed E-state index contributed by atoms with van der Waals surface area (Å²) in [7, 11) is -0.437. The van der Waals surface area contributed by atoms with Crippen LogP contribution in [0.4, 0.5) is 4.39 Å². The maximum absolute atomic E-state index is 13.7. The van der Waals surface area contributed by atoms with Crippen LogP contribution in [-0.2, 0) is 38.4 Å². The zero-order valence-electron chi connectivity index (χ0n) is 32.1. The SMILES string of the molecule is CCOC(=O)C(C)(C)Cc1c(SC(C)(C)C)c2cc(OCc3ccc4cc(F)ccc4n3)ccc2n1Cc1ccc(B2OC(C)(C)C(C)(C)O2)cc1. The predicted molar refractivity (Wildman–Crippen MR) is 209 cm³/mol. The molecule has 0 atom stereocenters. The number of esters is 1. The molecule has 3 heterocycles. The molecule has 0 amide bonds. The normalized spacial score (nSPS) is 15.8. The van der Waals surface area contributed by atoms with Crippen LogP contribution in [0.1, 0.15) is 86.2 Å². The summed E-state index contributed by atoms with van der Waals surface area (Å²) in [5, 5.41) is 1.80. The summed E-state index contributed by atoms with van der Waals surface area (Å²) in [6, 6.07) is 22.9. The van der Waals surface area contributed by atoms with Crippen LogP contribution >= 0.6 is 11.8 Å². The first-order valence-electron chi connectivity index (χ1n) is 18.0. The Morgan fingerprint density at radius 2 is 1.62 bits per heavy atom. The number of ether oxygens (including phenoxy) is 2. The first-order chi connectivity index (χ1) is 24.4. The Morgan fingerprint density at radius 1 is 0.923 bits per heavy atom. The quantitative estimate of drug-likeness (QED) is 0.0764. The smallest absolute Gasteiger partial charge is 0.487 e. The Bertz CT molecular complexity index is 2090. The maximum atomic E-state index is 13.7. The molecule has 5 aromatic rings. The van der Waals surface area contributed by atoms with Gasteiger partial charge < -0.3 is 23.3 Å². The fraction of sp³-hybridized carbons (Fsp3) is 0.429. The van der Waals surface area contributed by atoms with Crippen molar-refractivity contribution in [1.29, 1.82) is 0 Å². The first kappa shape index (κ1) is 37.9. The van der Waals surface area contributed by atoms with Crippen LogP contribution in [0.3, 0.4) is 0 Å². The van der Waals surface area contributed by atoms with Gasteiger partial charge >= 0.3 is 13.1 Å². The van der Waals surface area contributed by atoms with Crippen molar-refractivity contribution in [3.63, 3.8) is 0 Å². The highest BCUT2D eigenvalue weighted by atomic mass is 32.2. The van der Waals surface area contributed by atoms with Gasteiger partial charge in [0, 0.05) is 44.6 Å².